The van der Waals surface area contributed by atoms with Crippen LogP contribution in [0.4, 0.5) is 5.69 Å². The van der Waals surface area contributed by atoms with Crippen molar-refractivity contribution in [1.29, 1.82) is 0 Å². The fourth-order valence-electron chi connectivity index (χ4n) is 3.56. The largest absolute Gasteiger partial charge is 0.461 e. The molecule has 3 rings (SSSR count). The van der Waals surface area contributed by atoms with Crippen molar-refractivity contribution in [1.82, 2.24) is 10.2 Å². The molecule has 0 aliphatic carbocycles. The minimum absolute atomic E-state index is 0.0560. The number of para-hydroxylation sites is 2. The number of nitrogens with one attached hydrogen (secondary N) is 2. The van der Waals surface area contributed by atoms with Crippen LogP contribution in [-0.4, -0.2) is 36.9 Å². The molecule has 158 valence electrons. The van der Waals surface area contributed by atoms with Crippen molar-refractivity contribution in [3.8, 4) is 0 Å². The number of anilines is 1. The van der Waals surface area contributed by atoms with E-state index in [0.29, 0.717) is 6.54 Å². The molecule has 0 saturated heterocycles. The quantitative estimate of drug-likeness (QED) is 0.567. The van der Waals surface area contributed by atoms with E-state index in [0.717, 1.165) is 46.4 Å². The molecule has 0 radical (unpaired) electrons. The van der Waals surface area contributed by atoms with Gasteiger partial charge in [-0.25, -0.2) is 0 Å². The van der Waals surface area contributed by atoms with Crippen molar-refractivity contribution in [2.45, 2.75) is 33.2 Å². The minimum Gasteiger partial charge on any atom is -0.461 e. The van der Waals surface area contributed by atoms with Crippen LogP contribution >= 0.6 is 0 Å². The normalized spacial score (nSPS) is 11.1. The van der Waals surface area contributed by atoms with Gasteiger partial charge in [-0.2, -0.15) is 0 Å². The zero-order chi connectivity index (χ0) is 21.5. The molecule has 1 heterocycles. The Kier molecular flexibility index (Phi) is 7.25. The predicted molar refractivity (Wildman–Crippen MR) is 119 cm³/mol. The molecule has 0 spiro atoms. The van der Waals surface area contributed by atoms with E-state index < -0.39 is 0 Å². The molecule has 0 fully saturated rings. The Bertz CT molecular complexity index is 1030. The Morgan fingerprint density at radius 2 is 1.70 bits per heavy atom. The summed E-state index contributed by atoms with van der Waals surface area (Å²) in [7, 11) is 1.89. The summed E-state index contributed by atoms with van der Waals surface area (Å²) >= 11 is 0. The summed E-state index contributed by atoms with van der Waals surface area (Å²) in [6.45, 7) is 4.84. The number of carbonyl (C=O) groups excluding carboxylic acids is 2. The van der Waals surface area contributed by atoms with Crippen molar-refractivity contribution in [2.24, 2.45) is 0 Å². The minimum atomic E-state index is -0.235. The van der Waals surface area contributed by atoms with Crippen LogP contribution in [0.25, 0.3) is 11.0 Å². The van der Waals surface area contributed by atoms with Crippen LogP contribution in [0.2, 0.25) is 0 Å². The van der Waals surface area contributed by atoms with Crippen LogP contribution in [0, 0.1) is 0 Å². The van der Waals surface area contributed by atoms with Crippen molar-refractivity contribution in [3.05, 3.63) is 65.4 Å². The second kappa shape index (κ2) is 10.1. The standard InChI is InChI=1S/C24H29N3O3/c1-4-17-10-6-8-12-20(17)26-23(28)14-25-24(29)16-27(3)15-19-18-11-7-9-13-22(18)30-21(19)5-2/h6-13H,4-5,14-16H2,1-3H3,(H,25,29)(H,26,28). The Hall–Kier alpha value is -3.12. The number of carbonyl (C=O) groups is 2. The molecule has 0 unspecified atom stereocenters. The summed E-state index contributed by atoms with van der Waals surface area (Å²) in [6, 6.07) is 15.6. The summed E-state index contributed by atoms with van der Waals surface area (Å²) in [6.07, 6.45) is 1.62. The average molecular weight is 408 g/mol. The number of furan rings is 1. The Balaban J connectivity index is 1.52. The topological polar surface area (TPSA) is 74.6 Å². The average Bonchev–Trinajstić information content (AvgIpc) is 3.10. The maximum atomic E-state index is 12.3. The molecule has 2 N–H and O–H groups in total. The van der Waals surface area contributed by atoms with Gasteiger partial charge in [-0.15, -0.1) is 0 Å². The molecule has 2 aromatic carbocycles. The van der Waals surface area contributed by atoms with E-state index in [2.05, 4.69) is 17.6 Å². The molecule has 3 aromatic rings. The van der Waals surface area contributed by atoms with Crippen molar-refractivity contribution < 1.29 is 14.0 Å². The third-order valence-corrected chi connectivity index (χ3v) is 5.06. The van der Waals surface area contributed by atoms with Gasteiger partial charge < -0.3 is 15.1 Å². The van der Waals surface area contributed by atoms with E-state index in [-0.39, 0.29) is 24.9 Å². The predicted octanol–water partition coefficient (Wildman–Crippen LogP) is 3.74. The fraction of sp³-hybridized carbons (Fsp3) is 0.333. The summed E-state index contributed by atoms with van der Waals surface area (Å²) in [4.78, 5) is 26.5. The lowest BCUT2D eigenvalue weighted by Crippen LogP contribution is -2.39. The molecule has 0 saturated carbocycles. The van der Waals surface area contributed by atoms with Crippen molar-refractivity contribution in [2.75, 3.05) is 25.5 Å². The van der Waals surface area contributed by atoms with Gasteiger partial charge in [-0.1, -0.05) is 50.2 Å². The summed E-state index contributed by atoms with van der Waals surface area (Å²) in [5.74, 6) is 0.515. The number of amides is 2. The van der Waals surface area contributed by atoms with Crippen LogP contribution in [0.15, 0.2) is 52.9 Å². The van der Waals surface area contributed by atoms with Gasteiger partial charge in [-0.05, 0) is 31.2 Å². The number of nitrogens with zero attached hydrogens (tertiary/aromatic N) is 1. The van der Waals surface area contributed by atoms with E-state index in [9.17, 15) is 9.59 Å². The van der Waals surface area contributed by atoms with E-state index in [1.165, 1.54) is 0 Å². The van der Waals surface area contributed by atoms with Gasteiger partial charge in [-0.3, -0.25) is 14.5 Å². The molecule has 2 amide bonds. The highest BCUT2D eigenvalue weighted by Crippen LogP contribution is 2.27. The van der Waals surface area contributed by atoms with Gasteiger partial charge in [0.25, 0.3) is 0 Å². The summed E-state index contributed by atoms with van der Waals surface area (Å²) in [5.41, 5.74) is 3.83. The van der Waals surface area contributed by atoms with Gasteiger partial charge in [0, 0.05) is 29.6 Å². The number of aryl methyl sites for hydroxylation is 2. The number of hydrogen-bond acceptors (Lipinski definition) is 4. The highest BCUT2D eigenvalue weighted by molar-refractivity contribution is 5.95. The first kappa shape index (κ1) is 21.6. The zero-order valence-corrected chi connectivity index (χ0v) is 17.8. The monoisotopic (exact) mass is 407 g/mol. The van der Waals surface area contributed by atoms with Gasteiger partial charge in [0.2, 0.25) is 11.8 Å². The third kappa shape index (κ3) is 5.27. The van der Waals surface area contributed by atoms with Crippen LogP contribution in [0.5, 0.6) is 0 Å². The van der Waals surface area contributed by atoms with Crippen LogP contribution < -0.4 is 10.6 Å². The lowest BCUT2D eigenvalue weighted by atomic mass is 10.1. The SMILES string of the molecule is CCc1ccccc1NC(=O)CNC(=O)CN(C)Cc1c(CC)oc2ccccc12. The molecule has 6 heteroatoms. The molecule has 0 atom stereocenters. The summed E-state index contributed by atoms with van der Waals surface area (Å²) in [5, 5.41) is 6.64. The Labute approximate surface area is 177 Å². The Morgan fingerprint density at radius 3 is 2.47 bits per heavy atom. The van der Waals surface area contributed by atoms with Gasteiger partial charge in [0.15, 0.2) is 0 Å². The highest BCUT2D eigenvalue weighted by Gasteiger charge is 2.16. The lowest BCUT2D eigenvalue weighted by Gasteiger charge is -2.16. The number of benzene rings is 2. The number of rotatable bonds is 9. The Morgan fingerprint density at radius 1 is 0.967 bits per heavy atom. The molecular weight excluding hydrogens is 378 g/mol. The molecule has 30 heavy (non-hydrogen) atoms. The smallest absolute Gasteiger partial charge is 0.243 e. The maximum absolute atomic E-state index is 12.3. The first-order valence-corrected chi connectivity index (χ1v) is 10.3. The second-order valence-electron chi connectivity index (χ2n) is 7.36. The fourth-order valence-corrected chi connectivity index (χ4v) is 3.56. The third-order valence-electron chi connectivity index (χ3n) is 5.06. The highest BCUT2D eigenvalue weighted by atomic mass is 16.3. The second-order valence-corrected chi connectivity index (χ2v) is 7.36. The van der Waals surface area contributed by atoms with Gasteiger partial charge >= 0.3 is 0 Å². The zero-order valence-electron chi connectivity index (χ0n) is 17.8. The molecule has 0 aliphatic heterocycles. The molecule has 6 nitrogen and oxygen atoms in total. The first-order chi connectivity index (χ1) is 14.5. The molecule has 1 aromatic heterocycles. The molecule has 0 aliphatic rings. The first-order valence-electron chi connectivity index (χ1n) is 10.3. The van der Waals surface area contributed by atoms with E-state index >= 15 is 0 Å². The summed E-state index contributed by atoms with van der Waals surface area (Å²) < 4.78 is 5.93. The van der Waals surface area contributed by atoms with Crippen LogP contribution in [0.1, 0.15) is 30.7 Å². The van der Waals surface area contributed by atoms with Crippen molar-refractivity contribution in [3.63, 3.8) is 0 Å². The van der Waals surface area contributed by atoms with Crippen molar-refractivity contribution >= 4 is 28.5 Å². The van der Waals surface area contributed by atoms with Crippen LogP contribution in [-0.2, 0) is 29.0 Å². The number of likely N-dealkylation sites (N-methyl/N-ethyl adjacent to an activating group) is 1. The number of hydrogen-bond donors (Lipinski definition) is 2. The molecule has 0 bridgehead atoms. The van der Waals surface area contributed by atoms with E-state index in [1.54, 1.807) is 0 Å². The van der Waals surface area contributed by atoms with Gasteiger partial charge in [0.05, 0.1) is 13.1 Å². The van der Waals surface area contributed by atoms with E-state index in [1.807, 2.05) is 67.4 Å². The van der Waals surface area contributed by atoms with E-state index in [4.69, 9.17) is 4.42 Å². The van der Waals surface area contributed by atoms with Gasteiger partial charge in [0.1, 0.15) is 11.3 Å². The molecular formula is C24H29N3O3. The lowest BCUT2D eigenvalue weighted by molar-refractivity contribution is -0.124. The van der Waals surface area contributed by atoms with Crippen LogP contribution in [0.3, 0.4) is 0 Å². The maximum Gasteiger partial charge on any atom is 0.243 e. The number of fused-ring (bicyclic) bond motifs is 1.